The SMILES string of the molecule is Cc1ccc(CN(CCCO)C[C@@H](O)CO)s1. The van der Waals surface area contributed by atoms with Crippen molar-refractivity contribution in [1.29, 1.82) is 0 Å². The van der Waals surface area contributed by atoms with Crippen LogP contribution >= 0.6 is 11.3 Å². The van der Waals surface area contributed by atoms with Crippen molar-refractivity contribution in [1.82, 2.24) is 4.90 Å². The Morgan fingerprint density at radius 3 is 2.65 bits per heavy atom. The number of hydrogen-bond acceptors (Lipinski definition) is 5. The van der Waals surface area contributed by atoms with E-state index in [0.29, 0.717) is 13.0 Å². The van der Waals surface area contributed by atoms with Gasteiger partial charge in [-0.1, -0.05) is 0 Å². The van der Waals surface area contributed by atoms with E-state index < -0.39 is 6.10 Å². The molecule has 3 N–H and O–H groups in total. The summed E-state index contributed by atoms with van der Waals surface area (Å²) in [5.41, 5.74) is 0. The van der Waals surface area contributed by atoms with Gasteiger partial charge in [-0.2, -0.15) is 0 Å². The number of rotatable bonds is 8. The highest BCUT2D eigenvalue weighted by Crippen LogP contribution is 2.17. The van der Waals surface area contributed by atoms with Crippen molar-refractivity contribution < 1.29 is 15.3 Å². The summed E-state index contributed by atoms with van der Waals surface area (Å²) in [6, 6.07) is 4.16. The maximum atomic E-state index is 9.46. The van der Waals surface area contributed by atoms with E-state index in [1.54, 1.807) is 11.3 Å². The molecule has 4 nitrogen and oxygen atoms in total. The lowest BCUT2D eigenvalue weighted by atomic mass is 10.3. The van der Waals surface area contributed by atoms with Gasteiger partial charge in [-0.05, 0) is 25.5 Å². The van der Waals surface area contributed by atoms with E-state index in [-0.39, 0.29) is 13.2 Å². The second-order valence-electron chi connectivity index (χ2n) is 4.16. The summed E-state index contributed by atoms with van der Waals surface area (Å²) in [5, 5.41) is 27.2. The van der Waals surface area contributed by atoms with E-state index in [9.17, 15) is 5.11 Å². The van der Waals surface area contributed by atoms with Gasteiger partial charge in [-0.15, -0.1) is 11.3 Å². The van der Waals surface area contributed by atoms with Crippen LogP contribution in [-0.2, 0) is 6.54 Å². The van der Waals surface area contributed by atoms with Gasteiger partial charge in [0.1, 0.15) is 0 Å². The quantitative estimate of drug-likeness (QED) is 0.639. The molecule has 0 saturated carbocycles. The maximum Gasteiger partial charge on any atom is 0.0897 e. The predicted molar refractivity (Wildman–Crippen MR) is 69.1 cm³/mol. The molecule has 0 spiro atoms. The molecule has 0 saturated heterocycles. The van der Waals surface area contributed by atoms with Crippen LogP contribution in [0.1, 0.15) is 16.2 Å². The van der Waals surface area contributed by atoms with E-state index in [2.05, 4.69) is 24.0 Å². The summed E-state index contributed by atoms with van der Waals surface area (Å²) < 4.78 is 0. The van der Waals surface area contributed by atoms with E-state index in [1.165, 1.54) is 9.75 Å². The fourth-order valence-corrected chi connectivity index (χ4v) is 2.61. The second kappa shape index (κ2) is 7.79. The predicted octanol–water partition coefficient (Wildman–Crippen LogP) is 0.594. The Balaban J connectivity index is 2.50. The highest BCUT2D eigenvalue weighted by molar-refractivity contribution is 7.11. The minimum atomic E-state index is -0.713. The third-order valence-corrected chi connectivity index (χ3v) is 3.47. The molecular formula is C12H21NO3S. The van der Waals surface area contributed by atoms with Crippen LogP contribution in [0.4, 0.5) is 0 Å². The fourth-order valence-electron chi connectivity index (χ4n) is 1.68. The molecule has 0 radical (unpaired) electrons. The van der Waals surface area contributed by atoms with Gasteiger partial charge >= 0.3 is 0 Å². The van der Waals surface area contributed by atoms with Crippen molar-refractivity contribution in [3.05, 3.63) is 21.9 Å². The van der Waals surface area contributed by atoms with Gasteiger partial charge in [0, 0.05) is 36.0 Å². The summed E-state index contributed by atoms with van der Waals surface area (Å²) in [7, 11) is 0. The van der Waals surface area contributed by atoms with Crippen molar-refractivity contribution in [2.75, 3.05) is 26.3 Å². The number of nitrogens with zero attached hydrogens (tertiary/aromatic N) is 1. The molecule has 0 aromatic carbocycles. The highest BCUT2D eigenvalue weighted by atomic mass is 32.1. The van der Waals surface area contributed by atoms with E-state index in [0.717, 1.165) is 13.1 Å². The Morgan fingerprint density at radius 2 is 2.12 bits per heavy atom. The van der Waals surface area contributed by atoms with Crippen molar-refractivity contribution in [2.24, 2.45) is 0 Å². The summed E-state index contributed by atoms with van der Waals surface area (Å²) in [6.45, 7) is 3.91. The van der Waals surface area contributed by atoms with Crippen LogP contribution in [0.15, 0.2) is 12.1 Å². The van der Waals surface area contributed by atoms with E-state index in [4.69, 9.17) is 10.2 Å². The first-order valence-electron chi connectivity index (χ1n) is 5.83. The molecule has 0 aliphatic carbocycles. The zero-order valence-corrected chi connectivity index (χ0v) is 11.0. The third kappa shape index (κ3) is 5.61. The molecule has 1 atom stereocenters. The summed E-state index contributed by atoms with van der Waals surface area (Å²) in [6.07, 6.45) is -0.0302. The monoisotopic (exact) mass is 259 g/mol. The van der Waals surface area contributed by atoms with E-state index in [1.807, 2.05) is 0 Å². The lowest BCUT2D eigenvalue weighted by Gasteiger charge is -2.23. The summed E-state index contributed by atoms with van der Waals surface area (Å²) in [4.78, 5) is 4.57. The molecule has 0 aliphatic heterocycles. The number of aliphatic hydroxyl groups is 3. The molecule has 17 heavy (non-hydrogen) atoms. The molecule has 1 aromatic rings. The summed E-state index contributed by atoms with van der Waals surface area (Å²) >= 11 is 1.74. The topological polar surface area (TPSA) is 63.9 Å². The van der Waals surface area contributed by atoms with Gasteiger partial charge in [0.05, 0.1) is 12.7 Å². The summed E-state index contributed by atoms with van der Waals surface area (Å²) in [5.74, 6) is 0. The molecular weight excluding hydrogens is 238 g/mol. The lowest BCUT2D eigenvalue weighted by Crippen LogP contribution is -2.34. The zero-order valence-electron chi connectivity index (χ0n) is 10.2. The third-order valence-electron chi connectivity index (χ3n) is 2.49. The standard InChI is InChI=1S/C12H21NO3S/c1-10-3-4-12(17-10)8-13(5-2-6-14)7-11(16)9-15/h3-4,11,14-16H,2,5-9H2,1H3/t11-/m1/s1. The van der Waals surface area contributed by atoms with Gasteiger partial charge in [0.2, 0.25) is 0 Å². The smallest absolute Gasteiger partial charge is 0.0897 e. The first-order chi connectivity index (χ1) is 8.15. The van der Waals surface area contributed by atoms with Crippen LogP contribution in [-0.4, -0.2) is 52.6 Å². The lowest BCUT2D eigenvalue weighted by molar-refractivity contribution is 0.0550. The van der Waals surface area contributed by atoms with Gasteiger partial charge in [-0.3, -0.25) is 4.90 Å². The highest BCUT2D eigenvalue weighted by Gasteiger charge is 2.12. The van der Waals surface area contributed by atoms with Crippen molar-refractivity contribution in [2.45, 2.75) is 26.0 Å². The molecule has 0 aliphatic rings. The van der Waals surface area contributed by atoms with Gasteiger partial charge in [0.15, 0.2) is 0 Å². The Labute approximate surface area is 106 Å². The first-order valence-corrected chi connectivity index (χ1v) is 6.64. The molecule has 5 heteroatoms. The average Bonchev–Trinajstić information content (AvgIpc) is 2.71. The second-order valence-corrected chi connectivity index (χ2v) is 5.53. The van der Waals surface area contributed by atoms with Crippen LogP contribution < -0.4 is 0 Å². The van der Waals surface area contributed by atoms with Crippen molar-refractivity contribution in [3.63, 3.8) is 0 Å². The average molecular weight is 259 g/mol. The minimum Gasteiger partial charge on any atom is -0.396 e. The van der Waals surface area contributed by atoms with Crippen LogP contribution in [0.25, 0.3) is 0 Å². The molecule has 0 amide bonds. The van der Waals surface area contributed by atoms with Crippen LogP contribution in [0.3, 0.4) is 0 Å². The Morgan fingerprint density at radius 1 is 1.35 bits per heavy atom. The normalized spacial score (nSPS) is 13.2. The van der Waals surface area contributed by atoms with Gasteiger partial charge in [-0.25, -0.2) is 0 Å². The Bertz CT molecular complexity index is 316. The van der Waals surface area contributed by atoms with Gasteiger partial charge in [0.25, 0.3) is 0 Å². The molecule has 0 fully saturated rings. The number of hydrogen-bond donors (Lipinski definition) is 3. The van der Waals surface area contributed by atoms with Crippen molar-refractivity contribution in [3.8, 4) is 0 Å². The van der Waals surface area contributed by atoms with Crippen LogP contribution in [0, 0.1) is 6.92 Å². The molecule has 98 valence electrons. The fraction of sp³-hybridized carbons (Fsp3) is 0.667. The van der Waals surface area contributed by atoms with E-state index >= 15 is 0 Å². The molecule has 1 heterocycles. The zero-order chi connectivity index (χ0) is 12.7. The van der Waals surface area contributed by atoms with Crippen LogP contribution in [0.2, 0.25) is 0 Å². The number of aliphatic hydroxyl groups excluding tert-OH is 3. The molecule has 0 bridgehead atoms. The maximum absolute atomic E-state index is 9.46. The van der Waals surface area contributed by atoms with Crippen molar-refractivity contribution >= 4 is 11.3 Å². The Kier molecular flexibility index (Phi) is 6.69. The molecule has 1 rings (SSSR count). The largest absolute Gasteiger partial charge is 0.396 e. The minimum absolute atomic E-state index is 0.148. The molecule has 0 unspecified atom stereocenters. The Hall–Kier alpha value is -0.460. The first kappa shape index (κ1) is 14.6. The number of aryl methyl sites for hydroxylation is 1. The van der Waals surface area contributed by atoms with Crippen LogP contribution in [0.5, 0.6) is 0 Å². The van der Waals surface area contributed by atoms with Gasteiger partial charge < -0.3 is 15.3 Å². The number of thiophene rings is 1. The molecule has 1 aromatic heterocycles.